The number of aromatic carboxylic acids is 2. The molecule has 0 bridgehead atoms. The van der Waals surface area contributed by atoms with Crippen LogP contribution in [0.1, 0.15) is 26.3 Å². The zero-order chi connectivity index (χ0) is 14.0. The number of carboxylic acids is 2. The third-order valence-electron chi connectivity index (χ3n) is 3.01. The van der Waals surface area contributed by atoms with Gasteiger partial charge in [0.15, 0.2) is 0 Å². The molecule has 2 rings (SSSR count). The van der Waals surface area contributed by atoms with Crippen molar-refractivity contribution in [1.29, 1.82) is 0 Å². The van der Waals surface area contributed by atoms with Crippen LogP contribution in [0.3, 0.4) is 0 Å². The van der Waals surface area contributed by atoms with E-state index in [0.717, 1.165) is 11.1 Å². The van der Waals surface area contributed by atoms with Crippen LogP contribution in [-0.2, 0) is 0 Å². The zero-order valence-electron chi connectivity index (χ0n) is 10.3. The van der Waals surface area contributed by atoms with Crippen molar-refractivity contribution in [3.8, 4) is 11.1 Å². The Balaban J connectivity index is 2.50. The van der Waals surface area contributed by atoms with Gasteiger partial charge < -0.3 is 10.2 Å². The lowest BCUT2D eigenvalue weighted by molar-refractivity contribution is 0.0685. The Kier molecular flexibility index (Phi) is 3.33. The molecule has 0 unspecified atom stereocenters. The van der Waals surface area contributed by atoms with Gasteiger partial charge in [0.25, 0.3) is 0 Å². The molecule has 0 aliphatic heterocycles. The first-order chi connectivity index (χ1) is 9.00. The fraction of sp³-hybridized carbons (Fsp3) is 0.0667. The van der Waals surface area contributed by atoms with Gasteiger partial charge in [-0.15, -0.1) is 0 Å². The molecule has 0 aromatic heterocycles. The Morgan fingerprint density at radius 2 is 1.53 bits per heavy atom. The lowest BCUT2D eigenvalue weighted by atomic mass is 9.96. The number of benzene rings is 2. The van der Waals surface area contributed by atoms with Crippen LogP contribution in [0.25, 0.3) is 11.1 Å². The van der Waals surface area contributed by atoms with Crippen LogP contribution < -0.4 is 0 Å². The van der Waals surface area contributed by atoms with E-state index in [2.05, 4.69) is 0 Å². The summed E-state index contributed by atoms with van der Waals surface area (Å²) in [4.78, 5) is 21.9. The summed E-state index contributed by atoms with van der Waals surface area (Å²) >= 11 is 0. The number of carboxylic acid groups (broad SMARTS) is 2. The minimum atomic E-state index is -0.984. The molecule has 0 radical (unpaired) electrons. The van der Waals surface area contributed by atoms with E-state index >= 15 is 0 Å². The highest BCUT2D eigenvalue weighted by Crippen LogP contribution is 2.26. The molecule has 0 aliphatic carbocycles. The third-order valence-corrected chi connectivity index (χ3v) is 3.01. The van der Waals surface area contributed by atoms with Gasteiger partial charge in [0.05, 0.1) is 11.1 Å². The van der Waals surface area contributed by atoms with Crippen LogP contribution in [0, 0.1) is 6.92 Å². The maximum atomic E-state index is 11.1. The van der Waals surface area contributed by atoms with Crippen molar-refractivity contribution in [1.82, 2.24) is 0 Å². The van der Waals surface area contributed by atoms with Crippen LogP contribution in [0.4, 0.5) is 0 Å². The van der Waals surface area contributed by atoms with Gasteiger partial charge in [-0.25, -0.2) is 9.59 Å². The Morgan fingerprint density at radius 1 is 0.895 bits per heavy atom. The maximum Gasteiger partial charge on any atom is 0.335 e. The van der Waals surface area contributed by atoms with Crippen molar-refractivity contribution in [3.05, 3.63) is 59.2 Å². The number of rotatable bonds is 3. The van der Waals surface area contributed by atoms with Gasteiger partial charge in [-0.1, -0.05) is 24.3 Å². The second-order valence-corrected chi connectivity index (χ2v) is 4.17. The zero-order valence-corrected chi connectivity index (χ0v) is 10.3. The lowest BCUT2D eigenvalue weighted by Gasteiger charge is -2.09. The molecule has 4 nitrogen and oxygen atoms in total. The van der Waals surface area contributed by atoms with Gasteiger partial charge in [-0.05, 0) is 41.8 Å². The van der Waals surface area contributed by atoms with Gasteiger partial charge in [0, 0.05) is 0 Å². The first-order valence-corrected chi connectivity index (χ1v) is 5.67. The van der Waals surface area contributed by atoms with Crippen molar-refractivity contribution < 1.29 is 19.8 Å². The van der Waals surface area contributed by atoms with E-state index in [1.807, 2.05) is 6.07 Å². The first-order valence-electron chi connectivity index (χ1n) is 5.67. The highest BCUT2D eigenvalue weighted by Gasteiger charge is 2.11. The van der Waals surface area contributed by atoms with Crippen LogP contribution in [0.5, 0.6) is 0 Å². The predicted molar refractivity (Wildman–Crippen MR) is 70.5 cm³/mol. The molecule has 0 aliphatic rings. The summed E-state index contributed by atoms with van der Waals surface area (Å²) in [5.74, 6) is -1.95. The molecule has 0 spiro atoms. The Labute approximate surface area is 109 Å². The van der Waals surface area contributed by atoms with Crippen LogP contribution >= 0.6 is 0 Å². The number of carbonyl (C=O) groups is 2. The third kappa shape index (κ3) is 2.47. The molecule has 0 fully saturated rings. The molecule has 2 aromatic rings. The molecule has 0 saturated carbocycles. The van der Waals surface area contributed by atoms with Crippen molar-refractivity contribution in [2.75, 3.05) is 0 Å². The predicted octanol–water partition coefficient (Wildman–Crippen LogP) is 3.06. The van der Waals surface area contributed by atoms with E-state index in [9.17, 15) is 9.59 Å². The number of hydrogen-bond acceptors (Lipinski definition) is 2. The molecule has 0 saturated heterocycles. The fourth-order valence-corrected chi connectivity index (χ4v) is 1.97. The fourth-order valence-electron chi connectivity index (χ4n) is 1.97. The SMILES string of the molecule is Cc1c(C(=O)O)cccc1-c1ccc(C(=O)O)cc1. The minimum Gasteiger partial charge on any atom is -0.478 e. The summed E-state index contributed by atoms with van der Waals surface area (Å²) in [6.45, 7) is 1.74. The van der Waals surface area contributed by atoms with E-state index in [1.54, 1.807) is 31.2 Å². The monoisotopic (exact) mass is 256 g/mol. The summed E-state index contributed by atoms with van der Waals surface area (Å²) in [6.07, 6.45) is 0. The van der Waals surface area contributed by atoms with Gasteiger partial charge in [-0.2, -0.15) is 0 Å². The largest absolute Gasteiger partial charge is 0.478 e. The van der Waals surface area contributed by atoms with Crippen molar-refractivity contribution in [2.45, 2.75) is 6.92 Å². The van der Waals surface area contributed by atoms with Crippen LogP contribution in [0.2, 0.25) is 0 Å². The van der Waals surface area contributed by atoms with Crippen molar-refractivity contribution >= 4 is 11.9 Å². The number of hydrogen-bond donors (Lipinski definition) is 2. The van der Waals surface area contributed by atoms with E-state index < -0.39 is 11.9 Å². The summed E-state index contributed by atoms with van der Waals surface area (Å²) in [7, 11) is 0. The van der Waals surface area contributed by atoms with E-state index in [0.29, 0.717) is 5.56 Å². The average molecular weight is 256 g/mol. The van der Waals surface area contributed by atoms with Crippen molar-refractivity contribution in [3.63, 3.8) is 0 Å². The molecule has 2 N–H and O–H groups in total. The normalized spacial score (nSPS) is 10.2. The lowest BCUT2D eigenvalue weighted by Crippen LogP contribution is -2.01. The Hall–Kier alpha value is -2.62. The molecule has 19 heavy (non-hydrogen) atoms. The Bertz CT molecular complexity index is 642. The molecule has 4 heteroatoms. The second-order valence-electron chi connectivity index (χ2n) is 4.17. The standard InChI is InChI=1S/C15H12O4/c1-9-12(3-2-4-13(9)15(18)19)10-5-7-11(8-6-10)14(16)17/h2-8H,1H3,(H,16,17)(H,18,19). The van der Waals surface area contributed by atoms with E-state index in [-0.39, 0.29) is 11.1 Å². The van der Waals surface area contributed by atoms with Gasteiger partial charge in [0.2, 0.25) is 0 Å². The quantitative estimate of drug-likeness (QED) is 0.885. The van der Waals surface area contributed by atoms with E-state index in [4.69, 9.17) is 10.2 Å². The second kappa shape index (κ2) is 4.94. The first kappa shape index (κ1) is 12.8. The molecule has 0 amide bonds. The van der Waals surface area contributed by atoms with Gasteiger partial charge >= 0.3 is 11.9 Å². The summed E-state index contributed by atoms with van der Waals surface area (Å²) in [5.41, 5.74) is 2.70. The molecular formula is C15H12O4. The molecule has 0 atom stereocenters. The summed E-state index contributed by atoms with van der Waals surface area (Å²) < 4.78 is 0. The van der Waals surface area contributed by atoms with Gasteiger partial charge in [0.1, 0.15) is 0 Å². The topological polar surface area (TPSA) is 74.6 Å². The molecular weight excluding hydrogens is 244 g/mol. The van der Waals surface area contributed by atoms with Crippen molar-refractivity contribution in [2.24, 2.45) is 0 Å². The van der Waals surface area contributed by atoms with Crippen LogP contribution in [-0.4, -0.2) is 22.2 Å². The Morgan fingerprint density at radius 3 is 2.05 bits per heavy atom. The minimum absolute atomic E-state index is 0.204. The highest BCUT2D eigenvalue weighted by molar-refractivity contribution is 5.92. The smallest absolute Gasteiger partial charge is 0.335 e. The average Bonchev–Trinajstić information content (AvgIpc) is 2.38. The summed E-state index contributed by atoms with van der Waals surface area (Å²) in [5, 5.41) is 17.9. The summed E-state index contributed by atoms with van der Waals surface area (Å²) in [6, 6.07) is 11.4. The van der Waals surface area contributed by atoms with E-state index in [1.165, 1.54) is 12.1 Å². The van der Waals surface area contributed by atoms with Gasteiger partial charge in [-0.3, -0.25) is 0 Å². The highest BCUT2D eigenvalue weighted by atomic mass is 16.4. The van der Waals surface area contributed by atoms with Crippen LogP contribution in [0.15, 0.2) is 42.5 Å². The molecule has 96 valence electrons. The maximum absolute atomic E-state index is 11.1. The molecule has 2 aromatic carbocycles. The molecule has 0 heterocycles.